The molecule has 1 aliphatic carbocycles. The number of furan rings is 3. The van der Waals surface area contributed by atoms with E-state index in [0.29, 0.717) is 47.8 Å². The topological polar surface area (TPSA) is 117 Å². The van der Waals surface area contributed by atoms with E-state index in [0.717, 1.165) is 176 Å². The molecule has 0 spiro atoms. The molecule has 16 aromatic carbocycles. The van der Waals surface area contributed by atoms with Crippen molar-refractivity contribution in [2.24, 2.45) is 0 Å². The van der Waals surface area contributed by atoms with Gasteiger partial charge in [-0.25, -0.2) is 29.9 Å². The first-order chi connectivity index (χ1) is 54.5. The van der Waals surface area contributed by atoms with Crippen molar-refractivity contribution in [1.29, 1.82) is 0 Å². The molecule has 0 N–H and O–H groups in total. The van der Waals surface area contributed by atoms with Gasteiger partial charge in [0.15, 0.2) is 34.9 Å². The lowest BCUT2D eigenvalue weighted by molar-refractivity contribution is 0.547. The average Bonchev–Trinajstić information content (AvgIpc) is 1.50. The van der Waals surface area contributed by atoms with Crippen LogP contribution in [0.15, 0.2) is 341 Å². The Labute approximate surface area is 633 Å². The second-order valence-corrected chi connectivity index (χ2v) is 29.6. The van der Waals surface area contributed by atoms with Gasteiger partial charge in [-0.15, -0.1) is 11.3 Å². The zero-order valence-corrected chi connectivity index (χ0v) is 59.7. The molecule has 0 atom stereocenters. The fourth-order valence-electron chi connectivity index (χ4n) is 17.2. The first-order valence-electron chi connectivity index (χ1n) is 37.2. The molecule has 1 aliphatic rings. The van der Waals surface area contributed by atoms with Gasteiger partial charge < -0.3 is 13.3 Å². The van der Waals surface area contributed by atoms with Gasteiger partial charge in [0.25, 0.3) is 0 Å². The predicted octanol–water partition coefficient (Wildman–Crippen LogP) is 26.8. The molecule has 0 radical (unpaired) electrons. The van der Waals surface area contributed by atoms with Gasteiger partial charge >= 0.3 is 0 Å². The Bertz CT molecular complexity index is 7660. The monoisotopic (exact) mass is 1420 g/mol. The molecule has 110 heavy (non-hydrogen) atoms. The number of allylic oxidation sites excluding steroid dienone is 1. The largest absolute Gasteiger partial charge is 0.460 e. The quantitative estimate of drug-likeness (QED) is 0.123. The lowest BCUT2D eigenvalue weighted by Crippen LogP contribution is -2.10. The summed E-state index contributed by atoms with van der Waals surface area (Å²) in [5, 5.41) is 16.3. The van der Waals surface area contributed by atoms with Crippen LogP contribution in [0.5, 0.6) is 0 Å². The molecule has 10 heteroatoms. The van der Waals surface area contributed by atoms with Gasteiger partial charge in [-0.2, -0.15) is 0 Å². The zero-order chi connectivity index (χ0) is 72.1. The van der Waals surface area contributed by atoms with E-state index < -0.39 is 0 Å². The summed E-state index contributed by atoms with van der Waals surface area (Å²) in [5.74, 6) is 4.46. The summed E-state index contributed by atoms with van der Waals surface area (Å²) in [7, 11) is 0. The summed E-state index contributed by atoms with van der Waals surface area (Å²) in [6.45, 7) is 0. The summed E-state index contributed by atoms with van der Waals surface area (Å²) < 4.78 is 23.1. The van der Waals surface area contributed by atoms with Crippen LogP contribution < -0.4 is 0 Å². The van der Waals surface area contributed by atoms with Crippen molar-refractivity contribution in [1.82, 2.24) is 29.9 Å². The number of hydrogen-bond donors (Lipinski definition) is 0. The van der Waals surface area contributed by atoms with Crippen LogP contribution >= 0.6 is 11.3 Å². The second kappa shape index (κ2) is 24.6. The van der Waals surface area contributed by atoms with Crippen LogP contribution in [0.4, 0.5) is 0 Å². The Balaban J connectivity index is 0.654. The van der Waals surface area contributed by atoms with Crippen LogP contribution in [0, 0.1) is 0 Å². The molecule has 512 valence electrons. The van der Waals surface area contributed by atoms with Gasteiger partial charge in [-0.1, -0.05) is 267 Å². The Hall–Kier alpha value is -14.3. The summed E-state index contributed by atoms with van der Waals surface area (Å²) >= 11 is 1.84. The Morgan fingerprint density at radius 1 is 0.236 bits per heavy atom. The molecule has 0 bridgehead atoms. The molecular weight excluding hydrogens is 1370 g/mol. The predicted molar refractivity (Wildman–Crippen MR) is 451 cm³/mol. The highest BCUT2D eigenvalue weighted by atomic mass is 32.1. The number of benzene rings is 16. The molecule has 0 amide bonds. The summed E-state index contributed by atoms with van der Waals surface area (Å²) in [6.07, 6.45) is 1.43. The lowest BCUT2D eigenvalue weighted by atomic mass is 9.83. The van der Waals surface area contributed by atoms with Gasteiger partial charge in [0.2, 0.25) is 0 Å². The third-order valence-electron chi connectivity index (χ3n) is 22.3. The van der Waals surface area contributed by atoms with Gasteiger partial charge in [-0.05, 0) is 155 Å². The number of rotatable bonds is 10. The fourth-order valence-corrected chi connectivity index (χ4v) is 18.5. The SMILES string of the molecule is c1ccc(-c2ccc(-c3nc(-c4ccc5ccccc5c4)nc(-c4cccc5oc6cccc(-c7cccc8oc9cc%10cc(-c%11cccc%12c%11sc%11cccc(C%13=C(c%14nc(-c%15ccccc%15)nc(-c%15cc%16ccccc%16c%16ccccc%15%16)n%14)c%14c(oc%15ccccc%14%15)CC%13)c%11%12)ccc%10cc9c78)c6c45)n3)cc2)cc1. The molecule has 6 heterocycles. The first-order valence-corrected chi connectivity index (χ1v) is 38.0. The summed E-state index contributed by atoms with van der Waals surface area (Å²) in [5.41, 5.74) is 19.3. The van der Waals surface area contributed by atoms with Crippen molar-refractivity contribution < 1.29 is 13.3 Å². The van der Waals surface area contributed by atoms with Crippen LogP contribution in [0.1, 0.15) is 29.1 Å². The third-order valence-corrected chi connectivity index (χ3v) is 23.5. The molecule has 0 aliphatic heterocycles. The minimum absolute atomic E-state index is 0.546. The molecule has 23 rings (SSSR count). The van der Waals surface area contributed by atoms with E-state index in [1.165, 1.54) is 31.1 Å². The van der Waals surface area contributed by atoms with E-state index in [-0.39, 0.29) is 0 Å². The van der Waals surface area contributed by atoms with Crippen LogP contribution in [0.3, 0.4) is 0 Å². The number of fused-ring (bicyclic) bond motifs is 17. The number of thiophene rings is 1. The minimum atomic E-state index is 0.546. The maximum atomic E-state index is 6.99. The van der Waals surface area contributed by atoms with Crippen molar-refractivity contribution in [3.63, 3.8) is 0 Å². The zero-order valence-electron chi connectivity index (χ0n) is 58.9. The van der Waals surface area contributed by atoms with Crippen molar-refractivity contribution in [3.05, 3.63) is 350 Å². The normalized spacial score (nSPS) is 12.6. The van der Waals surface area contributed by atoms with E-state index in [4.69, 9.17) is 43.2 Å². The van der Waals surface area contributed by atoms with Crippen molar-refractivity contribution in [3.8, 4) is 90.3 Å². The summed E-state index contributed by atoms with van der Waals surface area (Å²) in [4.78, 5) is 32.5. The smallest absolute Gasteiger partial charge is 0.165 e. The Morgan fingerprint density at radius 3 is 1.54 bits per heavy atom. The van der Waals surface area contributed by atoms with Crippen molar-refractivity contribution in [2.75, 3.05) is 0 Å². The van der Waals surface area contributed by atoms with Crippen molar-refractivity contribution >= 4 is 141 Å². The number of hydrogen-bond acceptors (Lipinski definition) is 10. The van der Waals surface area contributed by atoms with E-state index in [1.54, 1.807) is 0 Å². The van der Waals surface area contributed by atoms with Gasteiger partial charge in [0.1, 0.15) is 33.7 Å². The number of aromatic nitrogens is 6. The highest BCUT2D eigenvalue weighted by Gasteiger charge is 2.32. The average molecular weight is 1420 g/mol. The third kappa shape index (κ3) is 9.93. The van der Waals surface area contributed by atoms with E-state index in [1.807, 2.05) is 53.8 Å². The standard InChI is InChI=1S/C100H58N6O3S/c1-3-20-57(21-4-1)59-42-45-61(46-43-59)96-101-97(66-49-44-58-22-7-8-25-62(58)52-66)104-98(102-96)78-36-18-40-84-92(78)90-74(33-17-39-83(90)108-84)72-32-16-38-82-88(72)80-54-63-47-48-65(53-67(63)56-86(80)109-82)69-31-15-35-77-89-73(34-19-41-87(89)110-94(69)77)75-50-51-85-91(76-30-13-14-37-81(76)107-85)93(75)100-105-95(60-23-5-2-6-24-60)103-99(106-100)79-55-64-26-9-10-27-68(64)70-28-11-12-29-71(70)79/h1-49,52-56H,50-51H2. The molecule has 0 fully saturated rings. The number of para-hydroxylation sites is 1. The Morgan fingerprint density at radius 2 is 0.736 bits per heavy atom. The van der Waals surface area contributed by atoms with Crippen LogP contribution in [-0.2, 0) is 6.42 Å². The van der Waals surface area contributed by atoms with Crippen LogP contribution in [0.25, 0.3) is 220 Å². The van der Waals surface area contributed by atoms with Gasteiger partial charge in [-0.3, -0.25) is 0 Å². The minimum Gasteiger partial charge on any atom is -0.460 e. The van der Waals surface area contributed by atoms with E-state index in [2.05, 4.69) is 285 Å². The second-order valence-electron chi connectivity index (χ2n) is 28.5. The van der Waals surface area contributed by atoms with Gasteiger partial charge in [0.05, 0.1) is 0 Å². The number of aryl methyl sites for hydroxylation is 1. The molecule has 6 aromatic heterocycles. The van der Waals surface area contributed by atoms with E-state index >= 15 is 0 Å². The molecular formula is C100H58N6O3S. The maximum absolute atomic E-state index is 6.99. The lowest BCUT2D eigenvalue weighted by Gasteiger charge is -2.22. The van der Waals surface area contributed by atoms with Crippen LogP contribution in [-0.4, -0.2) is 29.9 Å². The van der Waals surface area contributed by atoms with Crippen molar-refractivity contribution in [2.45, 2.75) is 12.8 Å². The molecule has 22 aromatic rings. The summed E-state index contributed by atoms with van der Waals surface area (Å²) in [6, 6.07) is 116. The van der Waals surface area contributed by atoms with Gasteiger partial charge in [0, 0.05) is 92.5 Å². The van der Waals surface area contributed by atoms with Crippen LogP contribution in [0.2, 0.25) is 0 Å². The highest BCUT2D eigenvalue weighted by Crippen LogP contribution is 2.52. The molecule has 0 saturated carbocycles. The fraction of sp³-hybridized carbons (Fsp3) is 0.0200. The Kier molecular flexibility index (Phi) is 13.9. The first kappa shape index (κ1) is 61.9. The number of nitrogens with zero attached hydrogens (tertiary/aromatic N) is 6. The maximum Gasteiger partial charge on any atom is 0.165 e. The molecule has 0 saturated heterocycles. The highest BCUT2D eigenvalue weighted by molar-refractivity contribution is 7.26. The molecule has 9 nitrogen and oxygen atoms in total. The molecule has 0 unspecified atom stereocenters. The van der Waals surface area contributed by atoms with E-state index in [9.17, 15) is 0 Å².